The van der Waals surface area contributed by atoms with Crippen molar-refractivity contribution in [3.05, 3.63) is 29.6 Å². The number of hydrogen-bond acceptors (Lipinski definition) is 2. The van der Waals surface area contributed by atoms with E-state index in [9.17, 15) is 4.39 Å². The lowest BCUT2D eigenvalue weighted by Crippen LogP contribution is -2.47. The fraction of sp³-hybridized carbons (Fsp3) is 0.625. The lowest BCUT2D eigenvalue weighted by molar-refractivity contribution is -0.0262. The Morgan fingerprint density at radius 3 is 2.58 bits per heavy atom. The molecule has 3 rings (SSSR count). The zero-order valence-electron chi connectivity index (χ0n) is 11.7. The van der Waals surface area contributed by atoms with Crippen molar-refractivity contribution in [1.82, 2.24) is 0 Å². The van der Waals surface area contributed by atoms with Gasteiger partial charge in [-0.3, -0.25) is 0 Å². The van der Waals surface area contributed by atoms with Crippen molar-refractivity contribution in [3.8, 4) is 5.75 Å². The molecule has 1 fully saturated rings. The van der Waals surface area contributed by atoms with Gasteiger partial charge in [0.1, 0.15) is 17.2 Å². The van der Waals surface area contributed by atoms with Crippen molar-refractivity contribution in [1.29, 1.82) is 0 Å². The molecule has 1 saturated carbocycles. The van der Waals surface area contributed by atoms with E-state index in [0.29, 0.717) is 11.2 Å². The predicted octanol–water partition coefficient (Wildman–Crippen LogP) is 3.95. The second-order valence-electron chi connectivity index (χ2n) is 6.94. The zero-order chi connectivity index (χ0) is 13.7. The van der Waals surface area contributed by atoms with Crippen molar-refractivity contribution in [2.24, 2.45) is 11.1 Å². The minimum absolute atomic E-state index is 0.0365. The number of benzene rings is 1. The maximum atomic E-state index is 13.4. The smallest absolute Gasteiger partial charge is 0.127 e. The molecule has 0 bridgehead atoms. The van der Waals surface area contributed by atoms with Crippen LogP contribution in [-0.4, -0.2) is 5.60 Å². The molecule has 0 unspecified atom stereocenters. The molecule has 0 aromatic heterocycles. The third-order valence-electron chi connectivity index (χ3n) is 4.81. The van der Waals surface area contributed by atoms with Crippen LogP contribution in [0.15, 0.2) is 18.2 Å². The summed E-state index contributed by atoms with van der Waals surface area (Å²) in [6.45, 7) is 4.60. The van der Waals surface area contributed by atoms with Gasteiger partial charge in [-0.05, 0) is 37.2 Å². The summed E-state index contributed by atoms with van der Waals surface area (Å²) >= 11 is 0. The number of halogens is 1. The number of rotatable bonds is 0. The monoisotopic (exact) mass is 263 g/mol. The molecule has 2 N–H and O–H groups in total. The fourth-order valence-electron chi connectivity index (χ4n) is 3.38. The van der Waals surface area contributed by atoms with E-state index in [1.54, 1.807) is 6.07 Å². The summed E-state index contributed by atoms with van der Waals surface area (Å²) in [4.78, 5) is 0. The molecule has 1 heterocycles. The largest absolute Gasteiger partial charge is 0.487 e. The van der Waals surface area contributed by atoms with E-state index in [0.717, 1.165) is 37.7 Å². The molecule has 3 heteroatoms. The van der Waals surface area contributed by atoms with E-state index < -0.39 is 0 Å². The predicted molar refractivity (Wildman–Crippen MR) is 73.6 cm³/mol. The Morgan fingerprint density at radius 1 is 1.21 bits per heavy atom. The molecule has 19 heavy (non-hydrogen) atoms. The highest BCUT2D eigenvalue weighted by Crippen LogP contribution is 2.49. The Hall–Kier alpha value is -1.09. The Labute approximate surface area is 114 Å². The SMILES string of the molecule is CC1(C)CCC2(CC1)C[C@H](N)c1ccc(F)cc1O2. The van der Waals surface area contributed by atoms with Crippen LogP contribution in [0.25, 0.3) is 0 Å². The first-order chi connectivity index (χ1) is 8.89. The van der Waals surface area contributed by atoms with E-state index in [-0.39, 0.29) is 17.5 Å². The van der Waals surface area contributed by atoms with Crippen LogP contribution in [0, 0.1) is 11.2 Å². The average Bonchev–Trinajstić information content (AvgIpc) is 2.33. The molecular formula is C16H22FNO. The van der Waals surface area contributed by atoms with Gasteiger partial charge in [0.2, 0.25) is 0 Å². The molecule has 1 aliphatic carbocycles. The Balaban J connectivity index is 1.88. The highest BCUT2D eigenvalue weighted by Gasteiger charge is 2.44. The first-order valence-corrected chi connectivity index (χ1v) is 7.13. The van der Waals surface area contributed by atoms with Crippen LogP contribution in [0.4, 0.5) is 4.39 Å². The van der Waals surface area contributed by atoms with Crippen molar-refractivity contribution in [3.63, 3.8) is 0 Å². The summed E-state index contributed by atoms with van der Waals surface area (Å²) in [5.74, 6) is 0.401. The molecule has 0 amide bonds. The summed E-state index contributed by atoms with van der Waals surface area (Å²) < 4.78 is 19.6. The molecule has 0 radical (unpaired) electrons. The Kier molecular flexibility index (Phi) is 2.86. The molecule has 1 aromatic rings. The minimum Gasteiger partial charge on any atom is -0.487 e. The van der Waals surface area contributed by atoms with Crippen LogP contribution in [0.3, 0.4) is 0 Å². The number of hydrogen-bond donors (Lipinski definition) is 1. The number of fused-ring (bicyclic) bond motifs is 1. The van der Waals surface area contributed by atoms with Crippen LogP contribution in [0.5, 0.6) is 5.75 Å². The highest BCUT2D eigenvalue weighted by atomic mass is 19.1. The van der Waals surface area contributed by atoms with Gasteiger partial charge in [-0.2, -0.15) is 0 Å². The van der Waals surface area contributed by atoms with E-state index in [2.05, 4.69) is 13.8 Å². The summed E-state index contributed by atoms with van der Waals surface area (Å²) in [7, 11) is 0. The fourth-order valence-corrected chi connectivity index (χ4v) is 3.38. The van der Waals surface area contributed by atoms with Crippen molar-refractivity contribution in [2.75, 3.05) is 0 Å². The topological polar surface area (TPSA) is 35.2 Å². The molecule has 2 aliphatic rings. The third kappa shape index (κ3) is 2.36. The van der Waals surface area contributed by atoms with Crippen LogP contribution in [0.1, 0.15) is 57.6 Å². The van der Waals surface area contributed by atoms with Crippen molar-refractivity contribution in [2.45, 2.75) is 57.6 Å². The molecule has 2 nitrogen and oxygen atoms in total. The van der Waals surface area contributed by atoms with E-state index in [1.807, 2.05) is 0 Å². The van der Waals surface area contributed by atoms with Gasteiger partial charge >= 0.3 is 0 Å². The normalized spacial score (nSPS) is 27.7. The van der Waals surface area contributed by atoms with Crippen molar-refractivity contribution >= 4 is 0 Å². The average molecular weight is 263 g/mol. The quantitative estimate of drug-likeness (QED) is 0.769. The van der Waals surface area contributed by atoms with Gasteiger partial charge < -0.3 is 10.5 Å². The summed E-state index contributed by atoms with van der Waals surface area (Å²) in [6.07, 6.45) is 5.17. The first kappa shape index (κ1) is 12.9. The third-order valence-corrected chi connectivity index (χ3v) is 4.81. The maximum absolute atomic E-state index is 13.4. The minimum atomic E-state index is -0.251. The second kappa shape index (κ2) is 4.20. The van der Waals surface area contributed by atoms with Crippen molar-refractivity contribution < 1.29 is 9.13 Å². The molecule has 0 saturated heterocycles. The lowest BCUT2D eigenvalue weighted by atomic mass is 9.68. The molecule has 104 valence electrons. The molecular weight excluding hydrogens is 241 g/mol. The van der Waals surface area contributed by atoms with Gasteiger partial charge in [0.05, 0.1) is 0 Å². The summed E-state index contributed by atoms with van der Waals surface area (Å²) in [5.41, 5.74) is 7.43. The molecule has 1 spiro atoms. The van der Waals surface area contributed by atoms with Gasteiger partial charge in [0, 0.05) is 24.1 Å². The standard InChI is InChI=1S/C16H22FNO/c1-15(2)5-7-16(8-6-15)10-13(18)12-4-3-11(17)9-14(12)19-16/h3-4,9,13H,5-8,10,18H2,1-2H3/t13-/m0/s1. The number of nitrogens with two attached hydrogens (primary N) is 1. The van der Waals surface area contributed by atoms with E-state index in [4.69, 9.17) is 10.5 Å². The molecule has 1 aliphatic heterocycles. The van der Waals surface area contributed by atoms with Gasteiger partial charge in [-0.15, -0.1) is 0 Å². The maximum Gasteiger partial charge on any atom is 0.127 e. The van der Waals surface area contributed by atoms with Crippen LogP contribution in [-0.2, 0) is 0 Å². The van der Waals surface area contributed by atoms with Crippen LogP contribution >= 0.6 is 0 Å². The Bertz CT molecular complexity index is 488. The van der Waals surface area contributed by atoms with Crippen LogP contribution < -0.4 is 10.5 Å². The van der Waals surface area contributed by atoms with E-state index in [1.165, 1.54) is 12.1 Å². The lowest BCUT2D eigenvalue weighted by Gasteiger charge is -2.47. The molecule has 1 atom stereocenters. The first-order valence-electron chi connectivity index (χ1n) is 7.13. The van der Waals surface area contributed by atoms with Gasteiger partial charge in [-0.25, -0.2) is 4.39 Å². The summed E-state index contributed by atoms with van der Waals surface area (Å²) in [5, 5.41) is 0. The molecule has 1 aromatic carbocycles. The highest BCUT2D eigenvalue weighted by molar-refractivity contribution is 5.39. The van der Waals surface area contributed by atoms with Gasteiger partial charge in [0.25, 0.3) is 0 Å². The van der Waals surface area contributed by atoms with Crippen LogP contribution in [0.2, 0.25) is 0 Å². The van der Waals surface area contributed by atoms with Gasteiger partial charge in [0.15, 0.2) is 0 Å². The van der Waals surface area contributed by atoms with Gasteiger partial charge in [-0.1, -0.05) is 19.9 Å². The zero-order valence-corrected chi connectivity index (χ0v) is 11.7. The van der Waals surface area contributed by atoms with E-state index >= 15 is 0 Å². The second-order valence-corrected chi connectivity index (χ2v) is 6.94. The summed E-state index contributed by atoms with van der Waals surface area (Å²) in [6, 6.07) is 4.67. The Morgan fingerprint density at radius 2 is 1.89 bits per heavy atom. The number of ether oxygens (including phenoxy) is 1.